The highest BCUT2D eigenvalue weighted by Crippen LogP contribution is 2.28. The van der Waals surface area contributed by atoms with Crippen molar-refractivity contribution in [3.05, 3.63) is 29.8 Å². The lowest BCUT2D eigenvalue weighted by Gasteiger charge is -2.28. The molecule has 0 saturated heterocycles. The molecule has 21 heavy (non-hydrogen) atoms. The summed E-state index contributed by atoms with van der Waals surface area (Å²) >= 11 is 0. The van der Waals surface area contributed by atoms with E-state index in [1.807, 2.05) is 24.3 Å². The number of aryl methyl sites for hydroxylation is 1. The second-order valence-electron chi connectivity index (χ2n) is 5.49. The van der Waals surface area contributed by atoms with Crippen LogP contribution in [0.3, 0.4) is 0 Å². The van der Waals surface area contributed by atoms with Gasteiger partial charge < -0.3 is 15.8 Å². The molecular formula is C16H25ClN2O2. The number of nitrogens with two attached hydrogens (primary N) is 1. The minimum Gasteiger partial charge on any atom is -0.483 e. The third kappa shape index (κ3) is 4.61. The third-order valence-corrected chi connectivity index (χ3v) is 4.07. The van der Waals surface area contributed by atoms with Crippen LogP contribution in [0.25, 0.3) is 0 Å². The number of rotatable bonds is 6. The van der Waals surface area contributed by atoms with E-state index in [0.29, 0.717) is 6.54 Å². The molecule has 5 heteroatoms. The van der Waals surface area contributed by atoms with E-state index >= 15 is 0 Å². The smallest absolute Gasteiger partial charge is 0.258 e. The monoisotopic (exact) mass is 312 g/mol. The average molecular weight is 313 g/mol. The zero-order valence-electron chi connectivity index (χ0n) is 12.6. The van der Waals surface area contributed by atoms with Crippen LogP contribution in [0.15, 0.2) is 24.3 Å². The summed E-state index contributed by atoms with van der Waals surface area (Å²) in [6, 6.07) is 7.82. The predicted octanol–water partition coefficient (Wildman–Crippen LogP) is 2.44. The van der Waals surface area contributed by atoms with Gasteiger partial charge in [-0.05, 0) is 30.9 Å². The summed E-state index contributed by atoms with van der Waals surface area (Å²) in [4.78, 5) is 12.0. The fourth-order valence-electron chi connectivity index (χ4n) is 2.84. The molecule has 1 aliphatic rings. The molecule has 3 N–H and O–H groups in total. The van der Waals surface area contributed by atoms with Crippen molar-refractivity contribution in [2.45, 2.75) is 44.6 Å². The van der Waals surface area contributed by atoms with Crippen LogP contribution in [-0.4, -0.2) is 24.6 Å². The van der Waals surface area contributed by atoms with E-state index in [1.165, 1.54) is 0 Å². The van der Waals surface area contributed by atoms with Gasteiger partial charge in [0, 0.05) is 6.54 Å². The van der Waals surface area contributed by atoms with Gasteiger partial charge in [-0.15, -0.1) is 12.4 Å². The second-order valence-corrected chi connectivity index (χ2v) is 5.49. The van der Waals surface area contributed by atoms with E-state index in [1.54, 1.807) is 0 Å². The Hall–Kier alpha value is -1.26. The number of hydrogen-bond acceptors (Lipinski definition) is 3. The molecule has 0 heterocycles. The SMILES string of the molecule is CCc1ccccc1OCC(=O)NC1(CN)CCCC1.Cl. The molecule has 4 nitrogen and oxygen atoms in total. The molecule has 1 saturated carbocycles. The normalized spacial score (nSPS) is 16.1. The Bertz CT molecular complexity index is 459. The number of amides is 1. The van der Waals surface area contributed by atoms with E-state index in [-0.39, 0.29) is 30.5 Å². The van der Waals surface area contributed by atoms with Crippen molar-refractivity contribution in [2.24, 2.45) is 5.73 Å². The Balaban J connectivity index is 0.00000220. The van der Waals surface area contributed by atoms with Crippen molar-refractivity contribution in [3.63, 3.8) is 0 Å². The number of hydrogen-bond donors (Lipinski definition) is 2. The lowest BCUT2D eigenvalue weighted by molar-refractivity contribution is -0.124. The van der Waals surface area contributed by atoms with Crippen LogP contribution in [0.4, 0.5) is 0 Å². The van der Waals surface area contributed by atoms with E-state index in [2.05, 4.69) is 12.2 Å². The predicted molar refractivity (Wildman–Crippen MR) is 87.0 cm³/mol. The van der Waals surface area contributed by atoms with Crippen LogP contribution in [-0.2, 0) is 11.2 Å². The lowest BCUT2D eigenvalue weighted by Crippen LogP contribution is -2.52. The van der Waals surface area contributed by atoms with E-state index < -0.39 is 0 Å². The van der Waals surface area contributed by atoms with Gasteiger partial charge in [0.15, 0.2) is 6.61 Å². The van der Waals surface area contributed by atoms with Gasteiger partial charge in [-0.3, -0.25) is 4.79 Å². The number of carbonyl (C=O) groups is 1. The topological polar surface area (TPSA) is 64.3 Å². The first-order chi connectivity index (χ1) is 9.69. The van der Waals surface area contributed by atoms with Gasteiger partial charge in [-0.1, -0.05) is 38.0 Å². The lowest BCUT2D eigenvalue weighted by atomic mass is 9.98. The summed E-state index contributed by atoms with van der Waals surface area (Å²) in [6.07, 6.45) is 5.11. The maximum Gasteiger partial charge on any atom is 0.258 e. The molecule has 0 aromatic heterocycles. The highest BCUT2D eigenvalue weighted by molar-refractivity contribution is 5.85. The zero-order chi connectivity index (χ0) is 14.4. The molecule has 0 unspecified atom stereocenters. The van der Waals surface area contributed by atoms with Crippen molar-refractivity contribution in [2.75, 3.05) is 13.2 Å². The standard InChI is InChI=1S/C16H24N2O2.ClH/c1-2-13-7-3-4-8-14(13)20-11-15(19)18-16(12-17)9-5-6-10-16;/h3-4,7-8H,2,5-6,9-12,17H2,1H3,(H,18,19);1H. The van der Waals surface area contributed by atoms with Gasteiger partial charge in [0.1, 0.15) is 5.75 Å². The Kier molecular flexibility index (Phi) is 6.99. The van der Waals surface area contributed by atoms with E-state index in [0.717, 1.165) is 43.4 Å². The Labute approximate surface area is 132 Å². The first kappa shape index (κ1) is 17.8. The Morgan fingerprint density at radius 1 is 1.33 bits per heavy atom. The summed E-state index contributed by atoms with van der Waals surface area (Å²) in [5, 5.41) is 3.06. The molecule has 118 valence electrons. The molecule has 1 aromatic rings. The number of halogens is 1. The van der Waals surface area contributed by atoms with Crippen molar-refractivity contribution >= 4 is 18.3 Å². The summed E-state index contributed by atoms with van der Waals surface area (Å²) in [5.41, 5.74) is 6.73. The van der Waals surface area contributed by atoms with Crippen LogP contribution < -0.4 is 15.8 Å². The first-order valence-corrected chi connectivity index (χ1v) is 7.41. The molecule has 0 radical (unpaired) electrons. The number of ether oxygens (including phenoxy) is 1. The van der Waals surface area contributed by atoms with Crippen molar-refractivity contribution in [1.29, 1.82) is 0 Å². The van der Waals surface area contributed by atoms with Crippen LogP contribution in [0.1, 0.15) is 38.2 Å². The Morgan fingerprint density at radius 3 is 2.62 bits per heavy atom. The number of carbonyl (C=O) groups excluding carboxylic acids is 1. The summed E-state index contributed by atoms with van der Waals surface area (Å²) in [5.74, 6) is 0.710. The molecule has 2 rings (SSSR count). The molecule has 0 aliphatic heterocycles. The van der Waals surface area contributed by atoms with Crippen LogP contribution in [0.5, 0.6) is 5.75 Å². The van der Waals surface area contributed by atoms with Gasteiger partial charge in [0.05, 0.1) is 5.54 Å². The minimum atomic E-state index is -0.204. The fraction of sp³-hybridized carbons (Fsp3) is 0.562. The van der Waals surface area contributed by atoms with Gasteiger partial charge in [-0.25, -0.2) is 0 Å². The largest absolute Gasteiger partial charge is 0.483 e. The summed E-state index contributed by atoms with van der Waals surface area (Å²) < 4.78 is 5.64. The number of nitrogens with one attached hydrogen (secondary N) is 1. The quantitative estimate of drug-likeness (QED) is 0.848. The van der Waals surface area contributed by atoms with Gasteiger partial charge in [0.25, 0.3) is 5.91 Å². The molecule has 1 fully saturated rings. The summed E-state index contributed by atoms with van der Waals surface area (Å²) in [6.45, 7) is 2.63. The van der Waals surface area contributed by atoms with Gasteiger partial charge in [-0.2, -0.15) is 0 Å². The summed E-state index contributed by atoms with van der Waals surface area (Å²) in [7, 11) is 0. The van der Waals surface area contributed by atoms with Gasteiger partial charge >= 0.3 is 0 Å². The van der Waals surface area contributed by atoms with E-state index in [9.17, 15) is 4.79 Å². The highest BCUT2D eigenvalue weighted by Gasteiger charge is 2.33. The molecule has 1 aliphatic carbocycles. The number of benzene rings is 1. The average Bonchev–Trinajstić information content (AvgIpc) is 2.94. The molecular weight excluding hydrogens is 288 g/mol. The molecule has 1 amide bonds. The maximum absolute atomic E-state index is 12.0. The molecule has 0 bridgehead atoms. The highest BCUT2D eigenvalue weighted by atomic mass is 35.5. The zero-order valence-corrected chi connectivity index (χ0v) is 13.4. The minimum absolute atomic E-state index is 0. The van der Waals surface area contributed by atoms with Crippen LogP contribution in [0, 0.1) is 0 Å². The van der Waals surface area contributed by atoms with Crippen molar-refractivity contribution in [1.82, 2.24) is 5.32 Å². The first-order valence-electron chi connectivity index (χ1n) is 7.41. The van der Waals surface area contributed by atoms with Crippen molar-refractivity contribution < 1.29 is 9.53 Å². The Morgan fingerprint density at radius 2 is 2.00 bits per heavy atom. The third-order valence-electron chi connectivity index (χ3n) is 4.07. The van der Waals surface area contributed by atoms with E-state index in [4.69, 9.17) is 10.5 Å². The van der Waals surface area contributed by atoms with Crippen molar-refractivity contribution in [3.8, 4) is 5.75 Å². The number of para-hydroxylation sites is 1. The van der Waals surface area contributed by atoms with Gasteiger partial charge in [0.2, 0.25) is 0 Å². The molecule has 0 spiro atoms. The molecule has 0 atom stereocenters. The van der Waals surface area contributed by atoms with Crippen LogP contribution >= 0.6 is 12.4 Å². The van der Waals surface area contributed by atoms with Crippen LogP contribution in [0.2, 0.25) is 0 Å². The maximum atomic E-state index is 12.0. The molecule has 1 aromatic carbocycles. The fourth-order valence-corrected chi connectivity index (χ4v) is 2.84. The second kappa shape index (κ2) is 8.25.